The van der Waals surface area contributed by atoms with Gasteiger partial charge in [-0.2, -0.15) is 0 Å². The molecule has 1 heterocycles. The average molecular weight is 414 g/mol. The SMILES string of the molecule is COc1ccc(C(=O)N2CCN(C(=O)c3c(OC)cccc3OC)CC2)cc1OC. The molecule has 0 N–H and O–H groups in total. The van der Waals surface area contributed by atoms with Crippen molar-refractivity contribution in [1.82, 2.24) is 9.80 Å². The lowest BCUT2D eigenvalue weighted by molar-refractivity contribution is 0.0531. The van der Waals surface area contributed by atoms with E-state index in [1.807, 2.05) is 0 Å². The van der Waals surface area contributed by atoms with E-state index in [0.29, 0.717) is 60.3 Å². The number of ether oxygens (including phenoxy) is 4. The number of rotatable bonds is 6. The Balaban J connectivity index is 1.71. The summed E-state index contributed by atoms with van der Waals surface area (Å²) in [5, 5.41) is 0. The monoisotopic (exact) mass is 414 g/mol. The summed E-state index contributed by atoms with van der Waals surface area (Å²) in [5.74, 6) is 1.70. The van der Waals surface area contributed by atoms with Gasteiger partial charge in [0.15, 0.2) is 11.5 Å². The van der Waals surface area contributed by atoms with Crippen LogP contribution in [0, 0.1) is 0 Å². The molecule has 8 nitrogen and oxygen atoms in total. The molecule has 1 saturated heterocycles. The maximum Gasteiger partial charge on any atom is 0.261 e. The number of methoxy groups -OCH3 is 4. The van der Waals surface area contributed by atoms with E-state index in [2.05, 4.69) is 0 Å². The molecule has 2 aromatic rings. The highest BCUT2D eigenvalue weighted by Crippen LogP contribution is 2.30. The number of nitrogens with zero attached hydrogens (tertiary/aromatic N) is 2. The standard InChI is InChI=1S/C22H26N2O6/c1-27-16-9-8-15(14-19(16)30-4)21(25)23-10-12-24(13-11-23)22(26)20-17(28-2)6-5-7-18(20)29-3/h5-9,14H,10-13H2,1-4H3. The van der Waals surface area contributed by atoms with Gasteiger partial charge in [0.25, 0.3) is 11.8 Å². The van der Waals surface area contributed by atoms with Gasteiger partial charge >= 0.3 is 0 Å². The van der Waals surface area contributed by atoms with Crippen molar-refractivity contribution in [3.05, 3.63) is 47.5 Å². The van der Waals surface area contributed by atoms with Crippen molar-refractivity contribution >= 4 is 11.8 Å². The van der Waals surface area contributed by atoms with Crippen molar-refractivity contribution in [3.63, 3.8) is 0 Å². The Morgan fingerprint density at radius 3 is 1.67 bits per heavy atom. The number of hydrogen-bond acceptors (Lipinski definition) is 6. The van der Waals surface area contributed by atoms with Crippen LogP contribution in [0.3, 0.4) is 0 Å². The van der Waals surface area contributed by atoms with Gasteiger partial charge in [-0.15, -0.1) is 0 Å². The number of carbonyl (C=O) groups is 2. The van der Waals surface area contributed by atoms with Gasteiger partial charge in [0.05, 0.1) is 28.4 Å². The van der Waals surface area contributed by atoms with Gasteiger partial charge in [-0.05, 0) is 30.3 Å². The summed E-state index contributed by atoms with van der Waals surface area (Å²) >= 11 is 0. The maximum absolute atomic E-state index is 13.1. The summed E-state index contributed by atoms with van der Waals surface area (Å²) < 4.78 is 21.2. The first-order chi connectivity index (χ1) is 14.5. The molecule has 2 aromatic carbocycles. The van der Waals surface area contributed by atoms with E-state index in [0.717, 1.165) is 0 Å². The summed E-state index contributed by atoms with van der Waals surface area (Å²) in [4.78, 5) is 29.4. The zero-order chi connectivity index (χ0) is 21.7. The molecule has 1 aliphatic heterocycles. The number of hydrogen-bond donors (Lipinski definition) is 0. The lowest BCUT2D eigenvalue weighted by Gasteiger charge is -2.35. The molecule has 0 unspecified atom stereocenters. The molecule has 30 heavy (non-hydrogen) atoms. The topological polar surface area (TPSA) is 77.5 Å². The number of piperazine rings is 1. The first kappa shape index (κ1) is 21.3. The van der Waals surface area contributed by atoms with Crippen LogP contribution >= 0.6 is 0 Å². The zero-order valence-electron chi connectivity index (χ0n) is 17.6. The molecular weight excluding hydrogens is 388 g/mol. The van der Waals surface area contributed by atoms with Gasteiger partial charge in [0.2, 0.25) is 0 Å². The minimum Gasteiger partial charge on any atom is -0.496 e. The van der Waals surface area contributed by atoms with Crippen LogP contribution in [0.1, 0.15) is 20.7 Å². The molecule has 0 aromatic heterocycles. The lowest BCUT2D eigenvalue weighted by atomic mass is 10.1. The van der Waals surface area contributed by atoms with Crippen LogP contribution in [0.4, 0.5) is 0 Å². The van der Waals surface area contributed by atoms with Crippen molar-refractivity contribution in [2.24, 2.45) is 0 Å². The third-order valence-electron chi connectivity index (χ3n) is 5.13. The maximum atomic E-state index is 13.1. The second kappa shape index (κ2) is 9.39. The van der Waals surface area contributed by atoms with Crippen molar-refractivity contribution < 1.29 is 28.5 Å². The summed E-state index contributed by atoms with van der Waals surface area (Å²) in [6.07, 6.45) is 0. The van der Waals surface area contributed by atoms with Crippen LogP contribution in [0.5, 0.6) is 23.0 Å². The summed E-state index contributed by atoms with van der Waals surface area (Å²) in [6, 6.07) is 10.3. The van der Waals surface area contributed by atoms with E-state index in [1.54, 1.807) is 53.3 Å². The van der Waals surface area contributed by atoms with Crippen LogP contribution in [0.25, 0.3) is 0 Å². The highest BCUT2D eigenvalue weighted by Gasteiger charge is 2.29. The predicted molar refractivity (Wildman–Crippen MR) is 111 cm³/mol. The Bertz CT molecular complexity index is 900. The highest BCUT2D eigenvalue weighted by atomic mass is 16.5. The number of carbonyl (C=O) groups excluding carboxylic acids is 2. The van der Waals surface area contributed by atoms with Crippen LogP contribution in [0.15, 0.2) is 36.4 Å². The third-order valence-corrected chi connectivity index (χ3v) is 5.13. The van der Waals surface area contributed by atoms with E-state index in [-0.39, 0.29) is 11.8 Å². The minimum atomic E-state index is -0.178. The Kier molecular flexibility index (Phi) is 6.66. The van der Waals surface area contributed by atoms with Crippen LogP contribution in [-0.4, -0.2) is 76.2 Å². The molecule has 0 saturated carbocycles. The van der Waals surface area contributed by atoms with Gasteiger partial charge in [-0.1, -0.05) is 6.07 Å². The fraction of sp³-hybridized carbons (Fsp3) is 0.364. The van der Waals surface area contributed by atoms with Crippen LogP contribution < -0.4 is 18.9 Å². The molecule has 2 amide bonds. The minimum absolute atomic E-state index is 0.113. The fourth-order valence-corrected chi connectivity index (χ4v) is 3.48. The second-order valence-corrected chi connectivity index (χ2v) is 6.69. The Labute approximate surface area is 175 Å². The summed E-state index contributed by atoms with van der Waals surface area (Å²) in [5.41, 5.74) is 0.904. The average Bonchev–Trinajstić information content (AvgIpc) is 2.82. The first-order valence-electron chi connectivity index (χ1n) is 9.55. The predicted octanol–water partition coefficient (Wildman–Crippen LogP) is 2.32. The van der Waals surface area contributed by atoms with Gasteiger partial charge < -0.3 is 28.7 Å². The molecule has 3 rings (SSSR count). The van der Waals surface area contributed by atoms with E-state index in [4.69, 9.17) is 18.9 Å². The van der Waals surface area contributed by atoms with E-state index in [1.165, 1.54) is 21.3 Å². The largest absolute Gasteiger partial charge is 0.496 e. The quantitative estimate of drug-likeness (QED) is 0.722. The Morgan fingerprint density at radius 2 is 1.17 bits per heavy atom. The van der Waals surface area contributed by atoms with Gasteiger partial charge in [0.1, 0.15) is 17.1 Å². The normalized spacial score (nSPS) is 13.6. The van der Waals surface area contributed by atoms with Gasteiger partial charge in [-0.25, -0.2) is 0 Å². The molecule has 0 spiro atoms. The molecule has 8 heteroatoms. The van der Waals surface area contributed by atoms with Crippen molar-refractivity contribution in [2.75, 3.05) is 54.6 Å². The van der Waals surface area contributed by atoms with E-state index >= 15 is 0 Å². The van der Waals surface area contributed by atoms with E-state index < -0.39 is 0 Å². The second-order valence-electron chi connectivity index (χ2n) is 6.69. The smallest absolute Gasteiger partial charge is 0.261 e. The molecule has 0 radical (unpaired) electrons. The third kappa shape index (κ3) is 4.12. The van der Waals surface area contributed by atoms with Crippen molar-refractivity contribution in [3.8, 4) is 23.0 Å². The van der Waals surface area contributed by atoms with Crippen molar-refractivity contribution in [1.29, 1.82) is 0 Å². The molecule has 160 valence electrons. The lowest BCUT2D eigenvalue weighted by Crippen LogP contribution is -2.50. The summed E-state index contributed by atoms with van der Waals surface area (Å²) in [7, 11) is 6.12. The summed E-state index contributed by atoms with van der Waals surface area (Å²) in [6.45, 7) is 1.69. The molecule has 1 fully saturated rings. The molecule has 0 bridgehead atoms. The van der Waals surface area contributed by atoms with Crippen LogP contribution in [0.2, 0.25) is 0 Å². The molecule has 0 aliphatic carbocycles. The Hall–Kier alpha value is -3.42. The zero-order valence-corrected chi connectivity index (χ0v) is 17.6. The first-order valence-corrected chi connectivity index (χ1v) is 9.55. The fourth-order valence-electron chi connectivity index (χ4n) is 3.48. The molecule has 1 aliphatic rings. The van der Waals surface area contributed by atoms with Gasteiger partial charge in [-0.3, -0.25) is 9.59 Å². The Morgan fingerprint density at radius 1 is 0.667 bits per heavy atom. The van der Waals surface area contributed by atoms with Crippen LogP contribution in [-0.2, 0) is 0 Å². The highest BCUT2D eigenvalue weighted by molar-refractivity contribution is 6.00. The number of benzene rings is 2. The molecular formula is C22H26N2O6. The van der Waals surface area contributed by atoms with E-state index in [9.17, 15) is 9.59 Å². The van der Waals surface area contributed by atoms with Crippen molar-refractivity contribution in [2.45, 2.75) is 0 Å². The van der Waals surface area contributed by atoms with Gasteiger partial charge in [0, 0.05) is 31.7 Å². The number of amides is 2. The molecule has 0 atom stereocenters.